The minimum atomic E-state index is -4.50. The predicted octanol–water partition coefficient (Wildman–Crippen LogP) is 2.50. The minimum Gasteiger partial charge on any atom is -0.466 e. The molecule has 1 aromatic rings. The van der Waals surface area contributed by atoms with Crippen LogP contribution in [0.4, 0.5) is 13.2 Å². The van der Waals surface area contributed by atoms with E-state index in [1.807, 2.05) is 0 Å². The van der Waals surface area contributed by atoms with Crippen molar-refractivity contribution in [2.45, 2.75) is 12.2 Å². The summed E-state index contributed by atoms with van der Waals surface area (Å²) in [7, 11) is 0. The van der Waals surface area contributed by atoms with Crippen molar-refractivity contribution in [3.8, 4) is 0 Å². The first-order valence-electron chi connectivity index (χ1n) is 2.97. The van der Waals surface area contributed by atoms with Gasteiger partial charge in [0.15, 0.2) is 6.04 Å². The molecule has 0 bridgehead atoms. The lowest BCUT2D eigenvalue weighted by atomic mass is 10.2. The summed E-state index contributed by atoms with van der Waals surface area (Å²) in [5, 5.41) is 0.102. The van der Waals surface area contributed by atoms with Crippen LogP contribution >= 0.6 is 11.6 Å². The second kappa shape index (κ2) is 2.99. The lowest BCUT2D eigenvalue weighted by Crippen LogP contribution is -2.27. The monoisotopic (exact) mass is 199 g/mol. The van der Waals surface area contributed by atoms with E-state index >= 15 is 0 Å². The summed E-state index contributed by atoms with van der Waals surface area (Å²) in [6, 6.07) is -1.07. The lowest BCUT2D eigenvalue weighted by Gasteiger charge is -2.11. The smallest absolute Gasteiger partial charge is 0.410 e. The molecule has 0 amide bonds. The molecular weight excluding hydrogens is 195 g/mol. The summed E-state index contributed by atoms with van der Waals surface area (Å²) in [5.41, 5.74) is 4.81. The summed E-state index contributed by atoms with van der Waals surface area (Å²) in [5.74, 6) is -0.382. The molecule has 0 saturated carbocycles. The highest BCUT2D eigenvalue weighted by atomic mass is 35.5. The number of halogens is 4. The van der Waals surface area contributed by atoms with Crippen molar-refractivity contribution in [2.75, 3.05) is 0 Å². The van der Waals surface area contributed by atoms with Gasteiger partial charge in [0.1, 0.15) is 12.0 Å². The minimum absolute atomic E-state index is 0.102. The van der Waals surface area contributed by atoms with E-state index in [1.54, 1.807) is 0 Å². The van der Waals surface area contributed by atoms with Crippen LogP contribution in [0, 0.1) is 0 Å². The van der Waals surface area contributed by atoms with Gasteiger partial charge in [-0.15, -0.1) is 0 Å². The van der Waals surface area contributed by atoms with E-state index in [2.05, 4.69) is 4.42 Å². The van der Waals surface area contributed by atoms with Gasteiger partial charge in [0.2, 0.25) is 0 Å². The van der Waals surface area contributed by atoms with Crippen molar-refractivity contribution in [3.05, 3.63) is 23.1 Å². The van der Waals surface area contributed by atoms with Crippen molar-refractivity contribution < 1.29 is 17.6 Å². The summed E-state index contributed by atoms with van der Waals surface area (Å²) < 4.78 is 40.2. The molecule has 0 unspecified atom stereocenters. The first-order chi connectivity index (χ1) is 5.41. The molecule has 0 aliphatic heterocycles. The zero-order valence-corrected chi connectivity index (χ0v) is 6.49. The zero-order valence-electron chi connectivity index (χ0n) is 5.73. The molecule has 0 aliphatic rings. The maximum Gasteiger partial charge on any atom is 0.410 e. The molecule has 68 valence electrons. The van der Waals surface area contributed by atoms with Crippen molar-refractivity contribution in [2.24, 2.45) is 5.73 Å². The first kappa shape index (κ1) is 9.41. The van der Waals surface area contributed by atoms with Gasteiger partial charge in [-0.2, -0.15) is 13.2 Å². The highest BCUT2D eigenvalue weighted by Crippen LogP contribution is 2.31. The Morgan fingerprint density at radius 2 is 2.08 bits per heavy atom. The number of furan rings is 1. The summed E-state index contributed by atoms with van der Waals surface area (Å²) in [6.07, 6.45) is -3.50. The third-order valence-corrected chi connectivity index (χ3v) is 1.45. The molecule has 1 rings (SSSR count). The second-order valence-corrected chi connectivity index (χ2v) is 2.62. The average molecular weight is 200 g/mol. The Balaban J connectivity index is 2.85. The van der Waals surface area contributed by atoms with Gasteiger partial charge in [0.05, 0.1) is 5.02 Å². The van der Waals surface area contributed by atoms with Crippen LogP contribution in [0.1, 0.15) is 11.8 Å². The van der Waals surface area contributed by atoms with Crippen LogP contribution in [0.25, 0.3) is 0 Å². The van der Waals surface area contributed by atoms with Crippen molar-refractivity contribution >= 4 is 11.6 Å². The molecule has 6 heteroatoms. The maximum absolute atomic E-state index is 11.9. The predicted molar refractivity (Wildman–Crippen MR) is 36.7 cm³/mol. The molecule has 1 aromatic heterocycles. The standard InChI is InChI=1S/C6H5ClF3NO/c7-3-1-4(12-2-3)5(11)6(8,9)10/h1-2,5H,11H2/t5-/m0/s1. The van der Waals surface area contributed by atoms with E-state index in [0.717, 1.165) is 12.3 Å². The topological polar surface area (TPSA) is 39.2 Å². The number of nitrogens with two attached hydrogens (primary N) is 1. The third-order valence-electron chi connectivity index (χ3n) is 1.25. The van der Waals surface area contributed by atoms with Crippen LogP contribution in [-0.2, 0) is 0 Å². The Morgan fingerprint density at radius 1 is 1.50 bits per heavy atom. The van der Waals surface area contributed by atoms with E-state index in [-0.39, 0.29) is 10.8 Å². The number of alkyl halides is 3. The van der Waals surface area contributed by atoms with Gasteiger partial charge < -0.3 is 10.2 Å². The molecule has 1 atom stereocenters. The highest BCUT2D eigenvalue weighted by Gasteiger charge is 2.39. The van der Waals surface area contributed by atoms with Crippen molar-refractivity contribution in [1.29, 1.82) is 0 Å². The molecule has 12 heavy (non-hydrogen) atoms. The maximum atomic E-state index is 11.9. The van der Waals surface area contributed by atoms with E-state index < -0.39 is 12.2 Å². The van der Waals surface area contributed by atoms with Crippen LogP contribution in [-0.4, -0.2) is 6.18 Å². The highest BCUT2D eigenvalue weighted by molar-refractivity contribution is 6.30. The summed E-state index contributed by atoms with van der Waals surface area (Å²) >= 11 is 5.34. The van der Waals surface area contributed by atoms with E-state index in [0.29, 0.717) is 0 Å². The van der Waals surface area contributed by atoms with Crippen molar-refractivity contribution in [3.63, 3.8) is 0 Å². The molecule has 0 spiro atoms. The normalized spacial score (nSPS) is 14.8. The zero-order chi connectivity index (χ0) is 9.35. The van der Waals surface area contributed by atoms with Crippen LogP contribution in [0.15, 0.2) is 16.7 Å². The molecule has 1 heterocycles. The number of rotatable bonds is 1. The van der Waals surface area contributed by atoms with Gasteiger partial charge >= 0.3 is 6.18 Å². The Kier molecular flexibility index (Phi) is 2.34. The first-order valence-corrected chi connectivity index (χ1v) is 3.35. The van der Waals surface area contributed by atoms with E-state index in [4.69, 9.17) is 17.3 Å². The Hall–Kier alpha value is -0.680. The molecule has 0 radical (unpaired) electrons. The van der Waals surface area contributed by atoms with Gasteiger partial charge in [0.25, 0.3) is 0 Å². The van der Waals surface area contributed by atoms with E-state index in [9.17, 15) is 13.2 Å². The van der Waals surface area contributed by atoms with Crippen LogP contribution in [0.3, 0.4) is 0 Å². The quantitative estimate of drug-likeness (QED) is 0.755. The van der Waals surface area contributed by atoms with E-state index in [1.165, 1.54) is 0 Å². The summed E-state index contributed by atoms with van der Waals surface area (Å²) in [6.45, 7) is 0. The van der Waals surface area contributed by atoms with Crippen molar-refractivity contribution in [1.82, 2.24) is 0 Å². The number of hydrogen-bond acceptors (Lipinski definition) is 2. The van der Waals surface area contributed by atoms with Crippen LogP contribution in [0.2, 0.25) is 5.02 Å². The molecule has 0 aromatic carbocycles. The molecule has 0 fully saturated rings. The fourth-order valence-electron chi connectivity index (χ4n) is 0.653. The summed E-state index contributed by atoms with van der Waals surface area (Å²) in [4.78, 5) is 0. The van der Waals surface area contributed by atoms with Gasteiger partial charge in [-0.1, -0.05) is 11.6 Å². The lowest BCUT2D eigenvalue weighted by molar-refractivity contribution is -0.152. The SMILES string of the molecule is N[C@@H](c1cc(Cl)co1)C(F)(F)F. The molecule has 0 saturated heterocycles. The van der Waals surface area contributed by atoms with Crippen LogP contribution in [0.5, 0.6) is 0 Å². The Labute approximate surface area is 71.1 Å². The van der Waals surface area contributed by atoms with Gasteiger partial charge in [0, 0.05) is 6.07 Å². The molecule has 2 nitrogen and oxygen atoms in total. The Morgan fingerprint density at radius 3 is 2.42 bits per heavy atom. The van der Waals surface area contributed by atoms with Crippen LogP contribution < -0.4 is 5.73 Å². The third kappa shape index (κ3) is 1.92. The van der Waals surface area contributed by atoms with Gasteiger partial charge in [-0.05, 0) is 0 Å². The Bertz CT molecular complexity index is 270. The average Bonchev–Trinajstić information content (AvgIpc) is 2.32. The van der Waals surface area contributed by atoms with Gasteiger partial charge in [-0.25, -0.2) is 0 Å². The second-order valence-electron chi connectivity index (χ2n) is 2.19. The number of hydrogen-bond donors (Lipinski definition) is 1. The largest absolute Gasteiger partial charge is 0.466 e. The molecule has 0 aliphatic carbocycles. The van der Waals surface area contributed by atoms with Gasteiger partial charge in [-0.3, -0.25) is 0 Å². The molecule has 2 N–H and O–H groups in total. The molecular formula is C6H5ClF3NO. The fraction of sp³-hybridized carbons (Fsp3) is 0.333. The fourth-order valence-corrected chi connectivity index (χ4v) is 0.805.